The van der Waals surface area contributed by atoms with Crippen molar-refractivity contribution >= 4 is 0 Å². The van der Waals surface area contributed by atoms with Crippen molar-refractivity contribution in [2.45, 2.75) is 95.7 Å². The predicted molar refractivity (Wildman–Crippen MR) is 85.2 cm³/mol. The normalized spacial score (nSPS) is 39.8. The second-order valence-corrected chi connectivity index (χ2v) is 8.26. The van der Waals surface area contributed by atoms with Crippen molar-refractivity contribution in [3.05, 3.63) is 0 Å². The van der Waals surface area contributed by atoms with E-state index >= 15 is 0 Å². The number of alkyl halides is 4. The van der Waals surface area contributed by atoms with Crippen LogP contribution >= 0.6 is 0 Å². The molecule has 0 radical (unpaired) electrons. The SMILES string of the molecule is FC1CC(C2CCC(C3CCCCC3)CC2)CCC1OC(F)(F)F. The van der Waals surface area contributed by atoms with E-state index in [0.29, 0.717) is 12.3 Å². The highest BCUT2D eigenvalue weighted by Gasteiger charge is 2.42. The van der Waals surface area contributed by atoms with Gasteiger partial charge >= 0.3 is 6.36 Å². The van der Waals surface area contributed by atoms with E-state index in [4.69, 9.17) is 0 Å². The Hall–Kier alpha value is -0.320. The molecule has 3 atom stereocenters. The van der Waals surface area contributed by atoms with E-state index in [0.717, 1.165) is 24.7 Å². The fraction of sp³-hybridized carbons (Fsp3) is 1.00. The summed E-state index contributed by atoms with van der Waals surface area (Å²) in [4.78, 5) is 0. The van der Waals surface area contributed by atoms with E-state index in [-0.39, 0.29) is 18.8 Å². The Morgan fingerprint density at radius 2 is 1.12 bits per heavy atom. The van der Waals surface area contributed by atoms with Gasteiger partial charge in [-0.15, -0.1) is 13.2 Å². The van der Waals surface area contributed by atoms with Crippen LogP contribution in [0.2, 0.25) is 0 Å². The molecule has 0 saturated heterocycles. The molecule has 24 heavy (non-hydrogen) atoms. The lowest BCUT2D eigenvalue weighted by atomic mass is 9.66. The number of rotatable bonds is 3. The van der Waals surface area contributed by atoms with Crippen molar-refractivity contribution in [3.63, 3.8) is 0 Å². The largest absolute Gasteiger partial charge is 0.522 e. The first-order valence-corrected chi connectivity index (χ1v) is 9.81. The summed E-state index contributed by atoms with van der Waals surface area (Å²) >= 11 is 0. The minimum Gasteiger partial charge on any atom is -0.286 e. The van der Waals surface area contributed by atoms with Gasteiger partial charge in [0, 0.05) is 0 Å². The molecule has 3 unspecified atom stereocenters. The summed E-state index contributed by atoms with van der Waals surface area (Å²) in [5, 5.41) is 0. The van der Waals surface area contributed by atoms with Crippen LogP contribution in [0, 0.1) is 23.7 Å². The molecule has 140 valence electrons. The van der Waals surface area contributed by atoms with Gasteiger partial charge in [0.2, 0.25) is 0 Å². The molecule has 0 heterocycles. The monoisotopic (exact) mass is 350 g/mol. The fourth-order valence-electron chi connectivity index (χ4n) is 5.54. The molecule has 0 N–H and O–H groups in total. The van der Waals surface area contributed by atoms with Crippen LogP contribution in [0.4, 0.5) is 17.6 Å². The average Bonchev–Trinajstić information content (AvgIpc) is 2.57. The molecule has 3 aliphatic carbocycles. The molecule has 0 amide bonds. The maximum atomic E-state index is 14.1. The Bertz CT molecular complexity index is 383. The van der Waals surface area contributed by atoms with E-state index in [9.17, 15) is 17.6 Å². The van der Waals surface area contributed by atoms with Crippen LogP contribution in [0.3, 0.4) is 0 Å². The maximum Gasteiger partial charge on any atom is 0.522 e. The molecule has 1 nitrogen and oxygen atoms in total. The molecule has 5 heteroatoms. The summed E-state index contributed by atoms with van der Waals surface area (Å²) in [5.74, 6) is 2.49. The summed E-state index contributed by atoms with van der Waals surface area (Å²) in [7, 11) is 0. The number of hydrogen-bond donors (Lipinski definition) is 0. The molecule has 3 aliphatic rings. The van der Waals surface area contributed by atoms with Gasteiger partial charge in [-0.2, -0.15) is 0 Å². The molecule has 0 bridgehead atoms. The topological polar surface area (TPSA) is 9.23 Å². The van der Waals surface area contributed by atoms with Gasteiger partial charge in [-0.05, 0) is 68.6 Å². The van der Waals surface area contributed by atoms with Gasteiger partial charge in [-0.25, -0.2) is 4.39 Å². The first kappa shape index (κ1) is 18.5. The average molecular weight is 350 g/mol. The molecule has 3 rings (SSSR count). The molecule has 0 aromatic rings. The standard InChI is InChI=1S/C19H30F4O/c20-17-12-16(10-11-18(17)24-19(21,22)23)15-8-6-14(7-9-15)13-4-2-1-3-5-13/h13-18H,1-12H2. The van der Waals surface area contributed by atoms with Crippen LogP contribution < -0.4 is 0 Å². The summed E-state index contributed by atoms with van der Waals surface area (Å²) in [6, 6.07) is 0. The highest BCUT2D eigenvalue weighted by Crippen LogP contribution is 2.45. The molecule has 3 fully saturated rings. The number of ether oxygens (including phenoxy) is 1. The van der Waals surface area contributed by atoms with Gasteiger partial charge in [-0.3, -0.25) is 4.74 Å². The van der Waals surface area contributed by atoms with Crippen LogP contribution in [0.1, 0.15) is 77.0 Å². The third-order valence-electron chi connectivity index (χ3n) is 6.84. The lowest BCUT2D eigenvalue weighted by molar-refractivity contribution is -0.352. The Balaban J connectivity index is 1.44. The van der Waals surface area contributed by atoms with Crippen LogP contribution in [0.5, 0.6) is 0 Å². The molecule has 0 aromatic heterocycles. The Morgan fingerprint density at radius 3 is 1.67 bits per heavy atom. The zero-order valence-corrected chi connectivity index (χ0v) is 14.4. The van der Waals surface area contributed by atoms with Gasteiger partial charge in [0.1, 0.15) is 6.17 Å². The van der Waals surface area contributed by atoms with E-state index in [2.05, 4.69) is 4.74 Å². The van der Waals surface area contributed by atoms with Crippen LogP contribution in [-0.4, -0.2) is 18.6 Å². The molecule has 0 aliphatic heterocycles. The Labute approximate surface area is 142 Å². The zero-order valence-electron chi connectivity index (χ0n) is 14.4. The summed E-state index contributed by atoms with van der Waals surface area (Å²) < 4.78 is 55.0. The minimum absolute atomic E-state index is 0.202. The lowest BCUT2D eigenvalue weighted by Crippen LogP contribution is -2.39. The first-order chi connectivity index (χ1) is 11.4. The minimum atomic E-state index is -4.72. The van der Waals surface area contributed by atoms with Crippen molar-refractivity contribution in [1.82, 2.24) is 0 Å². The van der Waals surface area contributed by atoms with Crippen molar-refractivity contribution in [1.29, 1.82) is 0 Å². The van der Waals surface area contributed by atoms with Gasteiger partial charge < -0.3 is 0 Å². The second kappa shape index (κ2) is 7.92. The van der Waals surface area contributed by atoms with Gasteiger partial charge in [-0.1, -0.05) is 32.1 Å². The Morgan fingerprint density at radius 1 is 0.625 bits per heavy atom. The summed E-state index contributed by atoms with van der Waals surface area (Å²) in [5.41, 5.74) is 0. The predicted octanol–water partition coefficient (Wildman–Crippen LogP) is 6.42. The smallest absolute Gasteiger partial charge is 0.286 e. The van der Waals surface area contributed by atoms with Gasteiger partial charge in [0.25, 0.3) is 0 Å². The highest BCUT2D eigenvalue weighted by molar-refractivity contribution is 4.88. The third kappa shape index (κ3) is 4.86. The highest BCUT2D eigenvalue weighted by atomic mass is 19.4. The van der Waals surface area contributed by atoms with E-state index in [1.165, 1.54) is 44.9 Å². The number of halogens is 4. The van der Waals surface area contributed by atoms with Gasteiger partial charge in [0.05, 0.1) is 6.10 Å². The molecule has 0 spiro atoms. The van der Waals surface area contributed by atoms with E-state index < -0.39 is 18.6 Å². The van der Waals surface area contributed by atoms with E-state index in [1.807, 2.05) is 0 Å². The fourth-order valence-corrected chi connectivity index (χ4v) is 5.54. The van der Waals surface area contributed by atoms with E-state index in [1.54, 1.807) is 0 Å². The zero-order chi connectivity index (χ0) is 17.2. The van der Waals surface area contributed by atoms with Crippen molar-refractivity contribution in [2.24, 2.45) is 23.7 Å². The molecular formula is C19H30F4O. The molecule has 3 saturated carbocycles. The maximum absolute atomic E-state index is 14.1. The van der Waals surface area contributed by atoms with Crippen molar-refractivity contribution < 1.29 is 22.3 Å². The second-order valence-electron chi connectivity index (χ2n) is 8.26. The summed E-state index contributed by atoms with van der Waals surface area (Å²) in [6.07, 6.45) is 5.29. The Kier molecular flexibility index (Phi) is 6.10. The van der Waals surface area contributed by atoms with Crippen LogP contribution in [0.25, 0.3) is 0 Å². The summed E-state index contributed by atoms with van der Waals surface area (Å²) in [6.45, 7) is 0. The first-order valence-electron chi connectivity index (χ1n) is 9.81. The van der Waals surface area contributed by atoms with Crippen molar-refractivity contribution in [2.75, 3.05) is 0 Å². The van der Waals surface area contributed by atoms with Crippen LogP contribution in [0.15, 0.2) is 0 Å². The van der Waals surface area contributed by atoms with Crippen molar-refractivity contribution in [3.8, 4) is 0 Å². The number of hydrogen-bond acceptors (Lipinski definition) is 1. The molecule has 0 aromatic carbocycles. The lowest BCUT2D eigenvalue weighted by Gasteiger charge is -2.41. The third-order valence-corrected chi connectivity index (χ3v) is 6.84. The van der Waals surface area contributed by atoms with Crippen LogP contribution in [-0.2, 0) is 4.74 Å². The van der Waals surface area contributed by atoms with Gasteiger partial charge in [0.15, 0.2) is 0 Å². The molecular weight excluding hydrogens is 320 g/mol. The quantitative estimate of drug-likeness (QED) is 0.534.